The van der Waals surface area contributed by atoms with Gasteiger partial charge in [0.1, 0.15) is 0 Å². The highest BCUT2D eigenvalue weighted by atomic mass is 16.7. The molecule has 1 aromatic rings. The summed E-state index contributed by atoms with van der Waals surface area (Å²) in [7, 11) is -0.344. The highest BCUT2D eigenvalue weighted by molar-refractivity contribution is 6.62. The third kappa shape index (κ3) is 3.42. The van der Waals surface area contributed by atoms with Crippen molar-refractivity contribution in [3.05, 3.63) is 58.7 Å². The van der Waals surface area contributed by atoms with Crippen LogP contribution in [-0.4, -0.2) is 24.1 Å². The van der Waals surface area contributed by atoms with Crippen molar-refractivity contribution in [3.8, 4) is 0 Å². The summed E-state index contributed by atoms with van der Waals surface area (Å²) >= 11 is 0. The summed E-state index contributed by atoms with van der Waals surface area (Å²) in [6, 6.07) is 8.18. The predicted molar refractivity (Wildman–Crippen MR) is 103 cm³/mol. The van der Waals surface area contributed by atoms with Gasteiger partial charge in [-0.2, -0.15) is 0 Å². The Balaban J connectivity index is 1.80. The topological polar surface area (TPSA) is 35.5 Å². The first kappa shape index (κ1) is 17.9. The number of hydrogen-bond acceptors (Lipinski definition) is 3. The Morgan fingerprint density at radius 2 is 1.36 bits per heavy atom. The maximum absolute atomic E-state index is 11.8. The molecule has 0 bridgehead atoms. The van der Waals surface area contributed by atoms with Gasteiger partial charge in [-0.05, 0) is 87.5 Å². The second kappa shape index (κ2) is 6.12. The van der Waals surface area contributed by atoms with Crippen molar-refractivity contribution in [1.82, 2.24) is 0 Å². The molecule has 4 heteroatoms. The van der Waals surface area contributed by atoms with E-state index in [1.807, 2.05) is 38.1 Å². The van der Waals surface area contributed by atoms with Crippen molar-refractivity contribution in [2.24, 2.45) is 0 Å². The van der Waals surface area contributed by atoms with E-state index in [9.17, 15) is 4.79 Å². The molecule has 25 heavy (non-hydrogen) atoms. The van der Waals surface area contributed by atoms with Crippen LogP contribution in [0.25, 0.3) is 6.08 Å². The largest absolute Gasteiger partial charge is 0.494 e. The van der Waals surface area contributed by atoms with E-state index in [2.05, 4.69) is 45.9 Å². The molecule has 1 aromatic carbocycles. The van der Waals surface area contributed by atoms with Gasteiger partial charge in [-0.25, -0.2) is 0 Å². The Kier molecular flexibility index (Phi) is 4.38. The molecule has 1 saturated heterocycles. The molecule has 1 aliphatic carbocycles. The minimum absolute atomic E-state index is 0.119. The van der Waals surface area contributed by atoms with Crippen LogP contribution >= 0.6 is 0 Å². The van der Waals surface area contributed by atoms with E-state index in [4.69, 9.17) is 9.31 Å². The maximum atomic E-state index is 11.8. The van der Waals surface area contributed by atoms with E-state index in [-0.39, 0.29) is 24.1 Å². The first-order valence-electron chi connectivity index (χ1n) is 8.68. The lowest BCUT2D eigenvalue weighted by atomic mass is 9.79. The Morgan fingerprint density at radius 3 is 1.84 bits per heavy atom. The van der Waals surface area contributed by atoms with Crippen molar-refractivity contribution < 1.29 is 14.1 Å². The molecule has 0 saturated carbocycles. The number of hydrogen-bond donors (Lipinski definition) is 0. The van der Waals surface area contributed by atoms with Gasteiger partial charge in [0.15, 0.2) is 5.78 Å². The second-order valence-electron chi connectivity index (χ2n) is 7.88. The minimum atomic E-state index is -0.344. The van der Waals surface area contributed by atoms with Gasteiger partial charge >= 0.3 is 7.12 Å². The molecule has 1 heterocycles. The summed E-state index contributed by atoms with van der Waals surface area (Å²) in [5, 5.41) is 0. The zero-order valence-electron chi connectivity index (χ0n) is 15.8. The molecule has 0 aromatic heterocycles. The van der Waals surface area contributed by atoms with Crippen LogP contribution in [-0.2, 0) is 14.1 Å². The number of allylic oxidation sites excluding steroid dienone is 5. The number of rotatable bonds is 2. The molecule has 0 N–H and O–H groups in total. The van der Waals surface area contributed by atoms with E-state index in [1.54, 1.807) is 0 Å². The fourth-order valence-electron chi connectivity index (χ4n) is 2.99. The van der Waals surface area contributed by atoms with Crippen LogP contribution in [0, 0.1) is 0 Å². The molecule has 0 unspecified atom stereocenters. The summed E-state index contributed by atoms with van der Waals surface area (Å²) in [6.07, 6.45) is 5.93. The van der Waals surface area contributed by atoms with Gasteiger partial charge in [-0.3, -0.25) is 4.79 Å². The van der Waals surface area contributed by atoms with Gasteiger partial charge < -0.3 is 9.31 Å². The standard InChI is InChI=1S/C21H25BO3/c1-14-11-17(12-15(2)19(14)23)13-16-7-9-18(10-8-16)22-24-20(3,4)21(5,6)25-22/h7-13H,1-6H3. The highest BCUT2D eigenvalue weighted by Gasteiger charge is 2.51. The Bertz CT molecular complexity index is 755. The van der Waals surface area contributed by atoms with Gasteiger partial charge in [-0.1, -0.05) is 24.3 Å². The van der Waals surface area contributed by atoms with Crippen molar-refractivity contribution in [2.75, 3.05) is 0 Å². The lowest BCUT2D eigenvalue weighted by Gasteiger charge is -2.32. The van der Waals surface area contributed by atoms with Gasteiger partial charge in [0.05, 0.1) is 11.2 Å². The van der Waals surface area contributed by atoms with Crippen LogP contribution in [0.2, 0.25) is 0 Å². The van der Waals surface area contributed by atoms with Crippen LogP contribution in [0.3, 0.4) is 0 Å². The van der Waals surface area contributed by atoms with Crippen LogP contribution in [0.4, 0.5) is 0 Å². The maximum Gasteiger partial charge on any atom is 0.494 e. The van der Waals surface area contributed by atoms with Crippen molar-refractivity contribution in [3.63, 3.8) is 0 Å². The van der Waals surface area contributed by atoms with E-state index in [0.29, 0.717) is 0 Å². The van der Waals surface area contributed by atoms with E-state index in [1.165, 1.54) is 0 Å². The number of ketones is 1. The van der Waals surface area contributed by atoms with Crippen LogP contribution in [0.5, 0.6) is 0 Å². The molecule has 0 spiro atoms. The molecule has 2 aliphatic rings. The molecular formula is C21H25BO3. The van der Waals surface area contributed by atoms with Gasteiger partial charge in [0, 0.05) is 0 Å². The summed E-state index contributed by atoms with van der Waals surface area (Å²) in [4.78, 5) is 11.8. The molecule has 0 radical (unpaired) electrons. The Hall–Kier alpha value is -1.91. The zero-order valence-corrected chi connectivity index (χ0v) is 15.8. The van der Waals surface area contributed by atoms with Crippen LogP contribution < -0.4 is 5.46 Å². The summed E-state index contributed by atoms with van der Waals surface area (Å²) < 4.78 is 12.2. The zero-order chi connectivity index (χ0) is 18.4. The SMILES string of the molecule is CC1=CC(=Cc2ccc(B3OC(C)(C)C(C)(C)O3)cc2)C=C(C)C1=O. The first-order chi connectivity index (χ1) is 11.6. The summed E-state index contributed by atoms with van der Waals surface area (Å²) in [6.45, 7) is 11.9. The molecule has 1 fully saturated rings. The second-order valence-corrected chi connectivity index (χ2v) is 7.88. The molecule has 0 atom stereocenters. The lowest BCUT2D eigenvalue weighted by Crippen LogP contribution is -2.41. The number of Topliss-reactive ketones (excluding diaryl/α,β-unsaturated/α-hetero) is 1. The van der Waals surface area contributed by atoms with E-state index < -0.39 is 0 Å². The van der Waals surface area contributed by atoms with E-state index >= 15 is 0 Å². The predicted octanol–water partition coefficient (Wildman–Crippen LogP) is 3.84. The fraction of sp³-hybridized carbons (Fsp3) is 0.381. The fourth-order valence-corrected chi connectivity index (χ4v) is 2.99. The Morgan fingerprint density at radius 1 is 0.880 bits per heavy atom. The minimum Gasteiger partial charge on any atom is -0.399 e. The highest BCUT2D eigenvalue weighted by Crippen LogP contribution is 2.36. The summed E-state index contributed by atoms with van der Waals surface area (Å²) in [5.41, 5.74) is 4.02. The number of carbonyl (C=O) groups is 1. The first-order valence-corrected chi connectivity index (χ1v) is 8.68. The molecule has 3 rings (SSSR count). The molecule has 130 valence electrons. The average molecular weight is 336 g/mol. The van der Waals surface area contributed by atoms with Crippen molar-refractivity contribution in [1.29, 1.82) is 0 Å². The molecule has 1 aliphatic heterocycles. The molecule has 3 nitrogen and oxygen atoms in total. The van der Waals surface area contributed by atoms with Gasteiger partial charge in [-0.15, -0.1) is 0 Å². The van der Waals surface area contributed by atoms with Crippen molar-refractivity contribution >= 4 is 24.4 Å². The average Bonchev–Trinajstić information content (AvgIpc) is 2.74. The van der Waals surface area contributed by atoms with Crippen LogP contribution in [0.15, 0.2) is 53.1 Å². The van der Waals surface area contributed by atoms with Crippen LogP contribution in [0.1, 0.15) is 47.1 Å². The molecular weight excluding hydrogens is 311 g/mol. The Labute approximate surface area is 150 Å². The van der Waals surface area contributed by atoms with Crippen molar-refractivity contribution in [2.45, 2.75) is 52.7 Å². The normalized spacial score (nSPS) is 21.9. The molecule has 0 amide bonds. The smallest absolute Gasteiger partial charge is 0.399 e. The third-order valence-corrected chi connectivity index (χ3v) is 5.28. The summed E-state index contributed by atoms with van der Waals surface area (Å²) in [5.74, 6) is 0.119. The number of benzene rings is 1. The van der Waals surface area contributed by atoms with Gasteiger partial charge in [0.25, 0.3) is 0 Å². The van der Waals surface area contributed by atoms with E-state index in [0.717, 1.165) is 27.7 Å². The third-order valence-electron chi connectivity index (χ3n) is 5.28. The number of carbonyl (C=O) groups excluding carboxylic acids is 1. The quantitative estimate of drug-likeness (QED) is 0.770. The van der Waals surface area contributed by atoms with Gasteiger partial charge in [0.2, 0.25) is 0 Å². The lowest BCUT2D eigenvalue weighted by molar-refractivity contribution is -0.112. The monoisotopic (exact) mass is 336 g/mol.